The summed E-state index contributed by atoms with van der Waals surface area (Å²) >= 11 is 0. The Morgan fingerprint density at radius 3 is 2.64 bits per heavy atom. The Bertz CT molecular complexity index is 912. The van der Waals surface area contributed by atoms with E-state index >= 15 is 0 Å². The van der Waals surface area contributed by atoms with Crippen LogP contribution in [0.2, 0.25) is 0 Å². The molecule has 4 rings (SSSR count). The summed E-state index contributed by atoms with van der Waals surface area (Å²) < 4.78 is 21.7. The Labute approximate surface area is 143 Å². The minimum absolute atomic E-state index is 0.201. The van der Waals surface area contributed by atoms with E-state index in [-0.39, 0.29) is 11.5 Å². The molecule has 6 heteroatoms. The number of hydrogen-bond donors (Lipinski definition) is 0. The average Bonchev–Trinajstić information content (AvgIpc) is 2.89. The van der Waals surface area contributed by atoms with Gasteiger partial charge in [-0.3, -0.25) is 9.59 Å². The maximum absolute atomic E-state index is 12.5. The molecule has 0 radical (unpaired) electrons. The van der Waals surface area contributed by atoms with Crippen LogP contribution in [0.1, 0.15) is 22.8 Å². The molecule has 0 spiro atoms. The number of carbonyl (C=O) groups is 2. The molecular weight excluding hydrogens is 324 g/mol. The molecule has 2 aromatic carbocycles. The van der Waals surface area contributed by atoms with Gasteiger partial charge in [0, 0.05) is 13.0 Å². The largest absolute Gasteiger partial charge is 0.486 e. The van der Waals surface area contributed by atoms with Crippen molar-refractivity contribution in [2.45, 2.75) is 6.92 Å². The van der Waals surface area contributed by atoms with Gasteiger partial charge >= 0.3 is 5.97 Å². The monoisotopic (exact) mass is 338 g/mol. The molecule has 0 atom stereocenters. The molecule has 2 aromatic rings. The summed E-state index contributed by atoms with van der Waals surface area (Å²) in [5, 5.41) is 0. The molecule has 126 valence electrons. The number of allylic oxidation sites excluding steroid dienone is 1. The van der Waals surface area contributed by atoms with E-state index in [2.05, 4.69) is 0 Å². The second kappa shape index (κ2) is 5.98. The molecule has 0 bridgehead atoms. The molecule has 2 heterocycles. The van der Waals surface area contributed by atoms with Crippen LogP contribution in [0, 0.1) is 0 Å². The molecule has 2 aliphatic heterocycles. The van der Waals surface area contributed by atoms with Gasteiger partial charge in [0.15, 0.2) is 17.3 Å². The van der Waals surface area contributed by atoms with Crippen LogP contribution in [0.25, 0.3) is 6.08 Å². The zero-order valence-corrected chi connectivity index (χ0v) is 13.4. The van der Waals surface area contributed by atoms with Crippen molar-refractivity contribution in [1.29, 1.82) is 0 Å². The third kappa shape index (κ3) is 2.94. The van der Waals surface area contributed by atoms with Gasteiger partial charge in [-0.15, -0.1) is 0 Å². The van der Waals surface area contributed by atoms with E-state index in [1.807, 2.05) is 6.07 Å². The van der Waals surface area contributed by atoms with E-state index in [9.17, 15) is 9.59 Å². The van der Waals surface area contributed by atoms with E-state index < -0.39 is 5.97 Å². The highest BCUT2D eigenvalue weighted by molar-refractivity contribution is 6.14. The van der Waals surface area contributed by atoms with Crippen LogP contribution in [-0.2, 0) is 4.79 Å². The fourth-order valence-electron chi connectivity index (χ4n) is 2.70. The zero-order valence-electron chi connectivity index (χ0n) is 13.4. The van der Waals surface area contributed by atoms with Gasteiger partial charge in [-0.2, -0.15) is 0 Å². The molecular formula is C19H14O6. The fourth-order valence-corrected chi connectivity index (χ4v) is 2.70. The Morgan fingerprint density at radius 2 is 1.84 bits per heavy atom. The maximum Gasteiger partial charge on any atom is 0.308 e. The molecule has 0 N–H and O–H groups in total. The van der Waals surface area contributed by atoms with Crippen LogP contribution in [-0.4, -0.2) is 25.0 Å². The first-order chi connectivity index (χ1) is 12.1. The summed E-state index contributed by atoms with van der Waals surface area (Å²) in [6, 6.07) is 10.1. The molecule has 6 nitrogen and oxygen atoms in total. The lowest BCUT2D eigenvalue weighted by Gasteiger charge is -2.18. The Balaban J connectivity index is 1.62. The van der Waals surface area contributed by atoms with Gasteiger partial charge in [-0.1, -0.05) is 6.07 Å². The van der Waals surface area contributed by atoms with Crippen molar-refractivity contribution in [2.24, 2.45) is 0 Å². The zero-order chi connectivity index (χ0) is 17.4. The highest BCUT2D eigenvalue weighted by atomic mass is 16.6. The molecule has 0 fully saturated rings. The van der Waals surface area contributed by atoms with Crippen molar-refractivity contribution in [1.82, 2.24) is 0 Å². The lowest BCUT2D eigenvalue weighted by molar-refractivity contribution is -0.131. The summed E-state index contributed by atoms with van der Waals surface area (Å²) in [6.07, 6.45) is 1.64. The lowest BCUT2D eigenvalue weighted by atomic mass is 10.1. The second-order valence-electron chi connectivity index (χ2n) is 5.59. The van der Waals surface area contributed by atoms with Crippen molar-refractivity contribution < 1.29 is 28.5 Å². The number of carbonyl (C=O) groups excluding carboxylic acids is 2. The van der Waals surface area contributed by atoms with Crippen LogP contribution < -0.4 is 18.9 Å². The molecule has 0 saturated carbocycles. The van der Waals surface area contributed by atoms with Gasteiger partial charge in [0.05, 0.1) is 5.56 Å². The van der Waals surface area contributed by atoms with Gasteiger partial charge in [-0.25, -0.2) is 0 Å². The van der Waals surface area contributed by atoms with E-state index in [4.69, 9.17) is 18.9 Å². The predicted molar refractivity (Wildman–Crippen MR) is 88.1 cm³/mol. The van der Waals surface area contributed by atoms with Gasteiger partial charge < -0.3 is 18.9 Å². The molecule has 0 aromatic heterocycles. The van der Waals surface area contributed by atoms with Crippen LogP contribution in [0.15, 0.2) is 42.2 Å². The van der Waals surface area contributed by atoms with Crippen LogP contribution in [0.4, 0.5) is 0 Å². The van der Waals surface area contributed by atoms with E-state index in [0.29, 0.717) is 41.8 Å². The number of Topliss-reactive ketones (excluding diaryl/α,β-unsaturated/α-hetero) is 1. The van der Waals surface area contributed by atoms with Crippen LogP contribution in [0.5, 0.6) is 23.0 Å². The molecule has 2 aliphatic rings. The first-order valence-corrected chi connectivity index (χ1v) is 7.76. The standard InChI is InChI=1S/C19H14O6/c1-11(20)24-13-3-4-14-16(10-13)25-18(19(14)21)9-12-2-5-15-17(8-12)23-7-6-22-15/h2-5,8-10H,6-7H2,1H3. The summed E-state index contributed by atoms with van der Waals surface area (Å²) in [5.41, 5.74) is 1.19. The van der Waals surface area contributed by atoms with Gasteiger partial charge in [0.2, 0.25) is 5.78 Å². The molecule has 0 aliphatic carbocycles. The SMILES string of the molecule is CC(=O)Oc1ccc2c(c1)OC(=Cc1ccc3c(c1)OCCO3)C2=O. The van der Waals surface area contributed by atoms with Crippen molar-refractivity contribution in [3.05, 3.63) is 53.3 Å². The number of ether oxygens (including phenoxy) is 4. The van der Waals surface area contributed by atoms with Crippen molar-refractivity contribution in [3.8, 4) is 23.0 Å². The Morgan fingerprint density at radius 1 is 1.04 bits per heavy atom. The quantitative estimate of drug-likeness (QED) is 0.476. The number of benzene rings is 2. The minimum Gasteiger partial charge on any atom is -0.486 e. The van der Waals surface area contributed by atoms with Crippen LogP contribution >= 0.6 is 0 Å². The normalized spacial score (nSPS) is 16.4. The number of ketones is 1. The topological polar surface area (TPSA) is 71.1 Å². The molecule has 0 amide bonds. The minimum atomic E-state index is -0.434. The second-order valence-corrected chi connectivity index (χ2v) is 5.59. The van der Waals surface area contributed by atoms with E-state index in [1.54, 1.807) is 30.3 Å². The summed E-state index contributed by atoms with van der Waals surface area (Å²) in [6.45, 7) is 2.33. The van der Waals surface area contributed by atoms with Gasteiger partial charge in [0.1, 0.15) is 24.7 Å². The third-order valence-electron chi connectivity index (χ3n) is 3.77. The molecule has 0 saturated heterocycles. The first-order valence-electron chi connectivity index (χ1n) is 7.76. The van der Waals surface area contributed by atoms with E-state index in [0.717, 1.165) is 5.56 Å². The Hall–Kier alpha value is -3.28. The molecule has 0 unspecified atom stereocenters. The predicted octanol–water partition coefficient (Wildman–Crippen LogP) is 3.00. The lowest BCUT2D eigenvalue weighted by Crippen LogP contribution is -2.15. The van der Waals surface area contributed by atoms with E-state index in [1.165, 1.54) is 13.0 Å². The smallest absolute Gasteiger partial charge is 0.308 e. The number of esters is 1. The maximum atomic E-state index is 12.5. The highest BCUT2D eigenvalue weighted by Gasteiger charge is 2.28. The van der Waals surface area contributed by atoms with Crippen molar-refractivity contribution in [2.75, 3.05) is 13.2 Å². The fraction of sp³-hybridized carbons (Fsp3) is 0.158. The average molecular weight is 338 g/mol. The van der Waals surface area contributed by atoms with Gasteiger partial charge in [-0.05, 0) is 35.9 Å². The van der Waals surface area contributed by atoms with Crippen molar-refractivity contribution in [3.63, 3.8) is 0 Å². The first kappa shape index (κ1) is 15.3. The number of hydrogen-bond acceptors (Lipinski definition) is 6. The third-order valence-corrected chi connectivity index (χ3v) is 3.77. The summed E-state index contributed by atoms with van der Waals surface area (Å²) in [4.78, 5) is 23.5. The van der Waals surface area contributed by atoms with Crippen LogP contribution in [0.3, 0.4) is 0 Å². The summed E-state index contributed by atoms with van der Waals surface area (Å²) in [7, 11) is 0. The van der Waals surface area contributed by atoms with Crippen molar-refractivity contribution >= 4 is 17.8 Å². The highest BCUT2D eigenvalue weighted by Crippen LogP contribution is 2.36. The number of rotatable bonds is 2. The van der Waals surface area contributed by atoms with Gasteiger partial charge in [0.25, 0.3) is 0 Å². The summed E-state index contributed by atoms with van der Waals surface area (Å²) in [5.74, 6) is 1.57. The Kier molecular flexibility index (Phi) is 3.65. The molecule has 25 heavy (non-hydrogen) atoms. The number of fused-ring (bicyclic) bond motifs is 2.